The molecule has 0 amide bonds. The summed E-state index contributed by atoms with van der Waals surface area (Å²) in [5.41, 5.74) is 1.56. The number of halogens is 3. The second-order valence-corrected chi connectivity index (χ2v) is 7.57. The quantitative estimate of drug-likeness (QED) is 0.524. The zero-order valence-electron chi connectivity index (χ0n) is 17.4. The lowest BCUT2D eigenvalue weighted by molar-refractivity contribution is -0.166. The molecule has 1 fully saturated rings. The summed E-state index contributed by atoms with van der Waals surface area (Å²) in [6, 6.07) is 12.7. The number of hydrogen-bond donors (Lipinski definition) is 1. The maximum absolute atomic E-state index is 12.8. The van der Waals surface area contributed by atoms with E-state index in [1.807, 2.05) is 31.2 Å². The van der Waals surface area contributed by atoms with E-state index in [1.54, 1.807) is 31.5 Å². The van der Waals surface area contributed by atoms with Crippen LogP contribution in [-0.4, -0.2) is 49.4 Å². The molecule has 0 spiro atoms. The van der Waals surface area contributed by atoms with Gasteiger partial charge in [-0.2, -0.15) is 13.2 Å². The van der Waals surface area contributed by atoms with Gasteiger partial charge in [0.15, 0.2) is 0 Å². The molecule has 4 nitrogen and oxygen atoms in total. The standard InChI is InChI=1S/C24H26F3NO3/c1-16-22(30-2)13-21(29)23(31-16)15-28-14-19-10-7-17(8-11-19)6-9-18-4-3-5-20(12-18)24(25,26)27/h3-12,14,16,21-23,29H,13,15H2,1-2H3/b9-6+,28-14?/t16-,21+,22?,23?/m0/s1. The summed E-state index contributed by atoms with van der Waals surface area (Å²) < 4.78 is 49.5. The first-order valence-electron chi connectivity index (χ1n) is 10.1. The summed E-state index contributed by atoms with van der Waals surface area (Å²) in [4.78, 5) is 4.38. The Morgan fingerprint density at radius 3 is 2.45 bits per heavy atom. The Labute approximate surface area is 180 Å². The fourth-order valence-corrected chi connectivity index (χ4v) is 3.45. The summed E-state index contributed by atoms with van der Waals surface area (Å²) in [7, 11) is 1.61. The predicted molar refractivity (Wildman–Crippen MR) is 115 cm³/mol. The summed E-state index contributed by atoms with van der Waals surface area (Å²) >= 11 is 0. The van der Waals surface area contributed by atoms with Crippen LogP contribution in [0.3, 0.4) is 0 Å². The van der Waals surface area contributed by atoms with Crippen molar-refractivity contribution < 1.29 is 27.8 Å². The van der Waals surface area contributed by atoms with Crippen molar-refractivity contribution in [3.63, 3.8) is 0 Å². The van der Waals surface area contributed by atoms with Gasteiger partial charge in [0, 0.05) is 19.7 Å². The van der Waals surface area contributed by atoms with Crippen molar-refractivity contribution in [1.29, 1.82) is 0 Å². The molecule has 0 aromatic heterocycles. The molecule has 4 atom stereocenters. The SMILES string of the molecule is COC1C[C@@H](O)C(CN=Cc2ccc(/C=C/c3cccc(C(F)(F)F)c3)cc2)O[C@H]1C. The second-order valence-electron chi connectivity index (χ2n) is 7.57. The molecule has 2 aromatic rings. The first-order chi connectivity index (χ1) is 14.8. The normalized spacial score (nSPS) is 24.8. The monoisotopic (exact) mass is 433 g/mol. The molecule has 0 radical (unpaired) electrons. The van der Waals surface area contributed by atoms with Gasteiger partial charge in [0.25, 0.3) is 0 Å². The van der Waals surface area contributed by atoms with Gasteiger partial charge in [-0.15, -0.1) is 0 Å². The molecule has 0 bridgehead atoms. The van der Waals surface area contributed by atoms with E-state index in [2.05, 4.69) is 4.99 Å². The highest BCUT2D eigenvalue weighted by atomic mass is 19.4. The van der Waals surface area contributed by atoms with Crippen LogP contribution in [0.2, 0.25) is 0 Å². The minimum Gasteiger partial charge on any atom is -0.390 e. The molecule has 3 rings (SSSR count). The summed E-state index contributed by atoms with van der Waals surface area (Å²) in [5, 5.41) is 10.2. The van der Waals surface area contributed by atoms with Crippen molar-refractivity contribution >= 4 is 18.4 Å². The van der Waals surface area contributed by atoms with E-state index in [9.17, 15) is 18.3 Å². The van der Waals surface area contributed by atoms with Gasteiger partial charge in [-0.05, 0) is 35.7 Å². The molecule has 1 aliphatic rings. The zero-order valence-corrected chi connectivity index (χ0v) is 17.4. The highest BCUT2D eigenvalue weighted by molar-refractivity contribution is 5.80. The molecule has 0 aliphatic carbocycles. The van der Waals surface area contributed by atoms with E-state index in [-0.39, 0.29) is 18.3 Å². The van der Waals surface area contributed by atoms with Gasteiger partial charge < -0.3 is 14.6 Å². The largest absolute Gasteiger partial charge is 0.416 e. The van der Waals surface area contributed by atoms with Crippen LogP contribution in [0.4, 0.5) is 13.2 Å². The van der Waals surface area contributed by atoms with Gasteiger partial charge >= 0.3 is 6.18 Å². The van der Waals surface area contributed by atoms with E-state index in [0.717, 1.165) is 23.3 Å². The van der Waals surface area contributed by atoms with Crippen LogP contribution in [0.25, 0.3) is 12.2 Å². The summed E-state index contributed by atoms with van der Waals surface area (Å²) in [6.07, 6.45) is 0.0730. The third-order valence-electron chi connectivity index (χ3n) is 5.26. The first kappa shape index (κ1) is 23.2. The van der Waals surface area contributed by atoms with Crippen molar-refractivity contribution in [2.75, 3.05) is 13.7 Å². The van der Waals surface area contributed by atoms with Crippen LogP contribution < -0.4 is 0 Å². The minimum atomic E-state index is -4.35. The Kier molecular flexibility index (Phi) is 7.64. The first-order valence-corrected chi connectivity index (χ1v) is 10.1. The predicted octanol–water partition coefficient (Wildman–Crippen LogP) is 4.85. The number of rotatable bonds is 6. The number of nitrogens with zero attached hydrogens (tertiary/aromatic N) is 1. The molecular weight excluding hydrogens is 407 g/mol. The average Bonchev–Trinajstić information content (AvgIpc) is 2.75. The highest BCUT2D eigenvalue weighted by Crippen LogP contribution is 2.30. The Bertz CT molecular complexity index is 909. The van der Waals surface area contributed by atoms with E-state index in [0.29, 0.717) is 18.5 Å². The molecular formula is C24H26F3NO3. The minimum absolute atomic E-state index is 0.100. The van der Waals surface area contributed by atoms with Crippen LogP contribution in [0, 0.1) is 0 Å². The Morgan fingerprint density at radius 1 is 1.10 bits per heavy atom. The van der Waals surface area contributed by atoms with Crippen LogP contribution in [0.1, 0.15) is 35.6 Å². The molecule has 31 heavy (non-hydrogen) atoms. The number of benzene rings is 2. The fraction of sp³-hybridized carbons (Fsp3) is 0.375. The maximum atomic E-state index is 12.8. The molecule has 1 N–H and O–H groups in total. The summed E-state index contributed by atoms with van der Waals surface area (Å²) in [5.74, 6) is 0. The van der Waals surface area contributed by atoms with Crippen molar-refractivity contribution in [1.82, 2.24) is 0 Å². The molecule has 1 saturated heterocycles. The molecule has 166 valence electrons. The fourth-order valence-electron chi connectivity index (χ4n) is 3.45. The molecule has 1 aliphatic heterocycles. The van der Waals surface area contributed by atoms with Crippen molar-refractivity contribution in [3.8, 4) is 0 Å². The van der Waals surface area contributed by atoms with Crippen molar-refractivity contribution in [2.24, 2.45) is 4.99 Å². The van der Waals surface area contributed by atoms with E-state index in [4.69, 9.17) is 9.47 Å². The highest BCUT2D eigenvalue weighted by Gasteiger charge is 2.34. The molecule has 0 saturated carbocycles. The van der Waals surface area contributed by atoms with Crippen LogP contribution in [0.15, 0.2) is 53.5 Å². The number of ether oxygens (including phenoxy) is 2. The van der Waals surface area contributed by atoms with Gasteiger partial charge in [0.1, 0.15) is 6.10 Å². The maximum Gasteiger partial charge on any atom is 0.416 e. The third kappa shape index (κ3) is 6.50. The Hall–Kier alpha value is -2.48. The zero-order chi connectivity index (χ0) is 22.4. The number of aliphatic hydroxyl groups excluding tert-OH is 1. The van der Waals surface area contributed by atoms with Crippen molar-refractivity contribution in [2.45, 2.75) is 43.9 Å². The number of methoxy groups -OCH3 is 1. The van der Waals surface area contributed by atoms with Gasteiger partial charge in [-0.1, -0.05) is 48.6 Å². The van der Waals surface area contributed by atoms with Gasteiger partial charge in [-0.3, -0.25) is 4.99 Å². The molecule has 7 heteroatoms. The lowest BCUT2D eigenvalue weighted by Crippen LogP contribution is -2.47. The average molecular weight is 433 g/mol. The van der Waals surface area contributed by atoms with Gasteiger partial charge in [0.2, 0.25) is 0 Å². The number of aliphatic hydroxyl groups is 1. The Balaban J connectivity index is 1.56. The topological polar surface area (TPSA) is 51.0 Å². The smallest absolute Gasteiger partial charge is 0.390 e. The molecule has 2 unspecified atom stereocenters. The molecule has 2 aromatic carbocycles. The Morgan fingerprint density at radius 2 is 1.77 bits per heavy atom. The lowest BCUT2D eigenvalue weighted by Gasteiger charge is -2.36. The van der Waals surface area contributed by atoms with Gasteiger partial charge in [-0.25, -0.2) is 0 Å². The number of hydrogen-bond acceptors (Lipinski definition) is 4. The third-order valence-corrected chi connectivity index (χ3v) is 5.26. The number of alkyl halides is 3. The second kappa shape index (κ2) is 10.2. The van der Waals surface area contributed by atoms with Crippen LogP contribution >= 0.6 is 0 Å². The molecule has 1 heterocycles. The van der Waals surface area contributed by atoms with E-state index < -0.39 is 17.8 Å². The number of aliphatic imine (C=N–C) groups is 1. The lowest BCUT2D eigenvalue weighted by atomic mass is 9.99. The van der Waals surface area contributed by atoms with Crippen LogP contribution in [0.5, 0.6) is 0 Å². The van der Waals surface area contributed by atoms with E-state index in [1.165, 1.54) is 6.07 Å². The van der Waals surface area contributed by atoms with Crippen molar-refractivity contribution in [3.05, 3.63) is 70.8 Å². The van der Waals surface area contributed by atoms with Crippen LogP contribution in [-0.2, 0) is 15.7 Å². The summed E-state index contributed by atoms with van der Waals surface area (Å²) in [6.45, 7) is 2.27. The van der Waals surface area contributed by atoms with E-state index >= 15 is 0 Å². The van der Waals surface area contributed by atoms with Gasteiger partial charge in [0.05, 0.1) is 30.4 Å².